The second-order valence-corrected chi connectivity index (χ2v) is 3.98. The minimum absolute atomic E-state index is 0.507. The summed E-state index contributed by atoms with van der Waals surface area (Å²) in [4.78, 5) is 0. The third-order valence-corrected chi connectivity index (χ3v) is 1.86. The summed E-state index contributed by atoms with van der Waals surface area (Å²) in [5.41, 5.74) is 5.58. The lowest BCUT2D eigenvalue weighted by atomic mass is 10.1. The molecule has 0 spiro atoms. The van der Waals surface area contributed by atoms with Crippen LogP contribution in [0.1, 0.15) is 20.3 Å². The molecule has 0 aliphatic rings. The summed E-state index contributed by atoms with van der Waals surface area (Å²) in [5.74, 6) is 0.781. The highest BCUT2D eigenvalue weighted by molar-refractivity contribution is 5.41. The lowest BCUT2D eigenvalue weighted by molar-refractivity contribution is 0.0553. The van der Waals surface area contributed by atoms with Crippen molar-refractivity contribution >= 4 is 5.69 Å². The number of hydrogen-bond donors (Lipinski definition) is 2. The Labute approximate surface area is 84.5 Å². The quantitative estimate of drug-likeness (QED) is 0.720. The van der Waals surface area contributed by atoms with Crippen LogP contribution in [0, 0.1) is 0 Å². The van der Waals surface area contributed by atoms with Crippen molar-refractivity contribution < 1.29 is 9.84 Å². The van der Waals surface area contributed by atoms with E-state index in [0.717, 1.165) is 11.4 Å². The number of benzene rings is 1. The van der Waals surface area contributed by atoms with Gasteiger partial charge in [0.25, 0.3) is 0 Å². The number of anilines is 1. The molecule has 3 N–H and O–H groups in total. The van der Waals surface area contributed by atoms with Crippen molar-refractivity contribution in [2.75, 3.05) is 12.3 Å². The Morgan fingerprint density at radius 1 is 1.29 bits per heavy atom. The van der Waals surface area contributed by atoms with Crippen LogP contribution in [0.3, 0.4) is 0 Å². The van der Waals surface area contributed by atoms with Gasteiger partial charge in [0.05, 0.1) is 12.2 Å². The molecule has 0 unspecified atom stereocenters. The molecule has 14 heavy (non-hydrogen) atoms. The molecule has 0 heterocycles. The highest BCUT2D eigenvalue weighted by atomic mass is 16.5. The molecule has 3 nitrogen and oxygen atoms in total. The fraction of sp³-hybridized carbons (Fsp3) is 0.455. The predicted molar refractivity (Wildman–Crippen MR) is 57.3 cm³/mol. The lowest BCUT2D eigenvalue weighted by Gasteiger charge is -2.16. The monoisotopic (exact) mass is 195 g/mol. The van der Waals surface area contributed by atoms with E-state index in [4.69, 9.17) is 10.5 Å². The lowest BCUT2D eigenvalue weighted by Crippen LogP contribution is -2.21. The van der Waals surface area contributed by atoms with Crippen molar-refractivity contribution in [3.05, 3.63) is 24.3 Å². The van der Waals surface area contributed by atoms with E-state index in [-0.39, 0.29) is 0 Å². The smallest absolute Gasteiger partial charge is 0.119 e. The Bertz CT molecular complexity index is 274. The highest BCUT2D eigenvalue weighted by Crippen LogP contribution is 2.14. The number of ether oxygens (including phenoxy) is 1. The van der Waals surface area contributed by atoms with Crippen molar-refractivity contribution in [1.29, 1.82) is 0 Å². The van der Waals surface area contributed by atoms with Gasteiger partial charge in [0.15, 0.2) is 0 Å². The van der Waals surface area contributed by atoms with Gasteiger partial charge in [-0.15, -0.1) is 0 Å². The Kier molecular flexibility index (Phi) is 3.36. The van der Waals surface area contributed by atoms with Crippen LogP contribution in [0.25, 0.3) is 0 Å². The average molecular weight is 195 g/mol. The van der Waals surface area contributed by atoms with Crippen LogP contribution < -0.4 is 10.5 Å². The number of rotatable bonds is 4. The van der Waals surface area contributed by atoms with E-state index in [0.29, 0.717) is 13.0 Å². The van der Waals surface area contributed by atoms with Crippen LogP contribution in [0.15, 0.2) is 24.3 Å². The molecule has 0 bridgehead atoms. The van der Waals surface area contributed by atoms with Crippen LogP contribution in [-0.2, 0) is 0 Å². The Morgan fingerprint density at radius 2 is 1.86 bits per heavy atom. The molecule has 0 saturated carbocycles. The third kappa shape index (κ3) is 4.14. The molecule has 0 fully saturated rings. The van der Waals surface area contributed by atoms with Crippen LogP contribution in [0.4, 0.5) is 5.69 Å². The van der Waals surface area contributed by atoms with E-state index < -0.39 is 5.60 Å². The normalized spacial score (nSPS) is 11.4. The van der Waals surface area contributed by atoms with Crippen molar-refractivity contribution in [2.24, 2.45) is 0 Å². The predicted octanol–water partition coefficient (Wildman–Crippen LogP) is 1.81. The Hall–Kier alpha value is -1.22. The van der Waals surface area contributed by atoms with E-state index >= 15 is 0 Å². The van der Waals surface area contributed by atoms with Crippen molar-refractivity contribution in [2.45, 2.75) is 25.9 Å². The number of aliphatic hydroxyl groups is 1. The molecule has 0 radical (unpaired) electrons. The van der Waals surface area contributed by atoms with Gasteiger partial charge < -0.3 is 15.6 Å². The highest BCUT2D eigenvalue weighted by Gasteiger charge is 2.11. The summed E-state index contributed by atoms with van der Waals surface area (Å²) < 4.78 is 5.42. The molecule has 3 heteroatoms. The molecule has 0 saturated heterocycles. The standard InChI is InChI=1S/C11H17NO2/c1-11(2,13)7-8-14-10-5-3-9(12)4-6-10/h3-6,13H,7-8,12H2,1-2H3. The van der Waals surface area contributed by atoms with E-state index in [1.54, 1.807) is 26.0 Å². The van der Waals surface area contributed by atoms with Gasteiger partial charge in [-0.05, 0) is 38.1 Å². The van der Waals surface area contributed by atoms with Crippen molar-refractivity contribution in [3.63, 3.8) is 0 Å². The molecule has 0 aromatic heterocycles. The maximum atomic E-state index is 9.44. The summed E-state index contributed by atoms with van der Waals surface area (Å²) in [6, 6.07) is 7.22. The van der Waals surface area contributed by atoms with Gasteiger partial charge in [-0.3, -0.25) is 0 Å². The Balaban J connectivity index is 2.35. The molecular weight excluding hydrogens is 178 g/mol. The molecular formula is C11H17NO2. The first-order valence-electron chi connectivity index (χ1n) is 4.68. The number of nitrogens with two attached hydrogens (primary N) is 1. The maximum Gasteiger partial charge on any atom is 0.119 e. The first-order chi connectivity index (χ1) is 6.47. The molecule has 0 aliphatic heterocycles. The van der Waals surface area contributed by atoms with Crippen LogP contribution in [-0.4, -0.2) is 17.3 Å². The second kappa shape index (κ2) is 4.33. The van der Waals surface area contributed by atoms with Gasteiger partial charge in [0.2, 0.25) is 0 Å². The van der Waals surface area contributed by atoms with Crippen molar-refractivity contribution in [1.82, 2.24) is 0 Å². The molecule has 1 aromatic carbocycles. The molecule has 0 atom stereocenters. The van der Waals surface area contributed by atoms with E-state index in [2.05, 4.69) is 0 Å². The molecule has 1 aromatic rings. The zero-order valence-electron chi connectivity index (χ0n) is 8.66. The van der Waals surface area contributed by atoms with Gasteiger partial charge in [-0.25, -0.2) is 0 Å². The van der Waals surface area contributed by atoms with Gasteiger partial charge >= 0.3 is 0 Å². The SMILES string of the molecule is CC(C)(O)CCOc1ccc(N)cc1. The average Bonchev–Trinajstić information content (AvgIpc) is 2.06. The summed E-state index contributed by atoms with van der Waals surface area (Å²) in [6.07, 6.45) is 0.609. The molecule has 1 rings (SSSR count). The van der Waals surface area contributed by atoms with Gasteiger partial charge in [-0.1, -0.05) is 0 Å². The van der Waals surface area contributed by atoms with Gasteiger partial charge in [0.1, 0.15) is 5.75 Å². The third-order valence-electron chi connectivity index (χ3n) is 1.86. The number of nitrogen functional groups attached to an aromatic ring is 1. The fourth-order valence-corrected chi connectivity index (χ4v) is 0.983. The molecule has 0 aliphatic carbocycles. The minimum atomic E-state index is -0.673. The minimum Gasteiger partial charge on any atom is -0.493 e. The fourth-order valence-electron chi connectivity index (χ4n) is 0.983. The Morgan fingerprint density at radius 3 is 2.36 bits per heavy atom. The molecule has 78 valence electrons. The van der Waals surface area contributed by atoms with Crippen LogP contribution in [0.5, 0.6) is 5.75 Å². The summed E-state index contributed by atoms with van der Waals surface area (Å²) in [6.45, 7) is 4.03. The summed E-state index contributed by atoms with van der Waals surface area (Å²) in [5, 5.41) is 9.44. The zero-order chi connectivity index (χ0) is 10.6. The van der Waals surface area contributed by atoms with Gasteiger partial charge in [-0.2, -0.15) is 0 Å². The number of hydrogen-bond acceptors (Lipinski definition) is 3. The van der Waals surface area contributed by atoms with Crippen molar-refractivity contribution in [3.8, 4) is 5.75 Å². The summed E-state index contributed by atoms with van der Waals surface area (Å²) in [7, 11) is 0. The van der Waals surface area contributed by atoms with Crippen LogP contribution >= 0.6 is 0 Å². The first kappa shape index (κ1) is 10.9. The molecule has 0 amide bonds. The zero-order valence-corrected chi connectivity index (χ0v) is 8.66. The van der Waals surface area contributed by atoms with E-state index in [1.165, 1.54) is 0 Å². The van der Waals surface area contributed by atoms with Crippen LogP contribution in [0.2, 0.25) is 0 Å². The van der Waals surface area contributed by atoms with Gasteiger partial charge in [0, 0.05) is 12.1 Å². The second-order valence-electron chi connectivity index (χ2n) is 3.98. The largest absolute Gasteiger partial charge is 0.493 e. The maximum absolute atomic E-state index is 9.44. The summed E-state index contributed by atoms with van der Waals surface area (Å²) >= 11 is 0. The van der Waals surface area contributed by atoms with E-state index in [9.17, 15) is 5.11 Å². The van der Waals surface area contributed by atoms with E-state index in [1.807, 2.05) is 12.1 Å². The topological polar surface area (TPSA) is 55.5 Å². The first-order valence-corrected chi connectivity index (χ1v) is 4.68.